The molecule has 0 spiro atoms. The Bertz CT molecular complexity index is 1070. The number of aryl methyl sites for hydroxylation is 1. The van der Waals surface area contributed by atoms with Crippen molar-refractivity contribution in [1.29, 1.82) is 0 Å². The normalized spacial score (nSPS) is 10.4. The molecule has 0 aliphatic heterocycles. The first-order valence-electron chi connectivity index (χ1n) is 11.8. The van der Waals surface area contributed by atoms with Crippen LogP contribution in [-0.2, 0) is 11.2 Å². The molecule has 6 heteroatoms. The highest BCUT2D eigenvalue weighted by molar-refractivity contribution is 5.98. The highest BCUT2D eigenvalue weighted by Crippen LogP contribution is 2.24. The van der Waals surface area contributed by atoms with Gasteiger partial charge in [-0.1, -0.05) is 48.5 Å². The van der Waals surface area contributed by atoms with Crippen molar-refractivity contribution >= 4 is 23.2 Å². The van der Waals surface area contributed by atoms with E-state index in [4.69, 9.17) is 4.74 Å². The Labute approximate surface area is 201 Å². The zero-order valence-electron chi connectivity index (χ0n) is 19.9. The number of rotatable bonds is 12. The Hall–Kier alpha value is -3.80. The number of carbonyl (C=O) groups is 2. The van der Waals surface area contributed by atoms with Crippen LogP contribution in [0.2, 0.25) is 0 Å². The second-order valence-corrected chi connectivity index (χ2v) is 7.89. The summed E-state index contributed by atoms with van der Waals surface area (Å²) in [5.74, 6) is 0.471. The molecule has 2 amide bonds. The molecule has 0 aliphatic rings. The van der Waals surface area contributed by atoms with Gasteiger partial charge in [0.1, 0.15) is 5.75 Å². The first-order chi connectivity index (χ1) is 16.6. The van der Waals surface area contributed by atoms with E-state index in [0.717, 1.165) is 24.3 Å². The summed E-state index contributed by atoms with van der Waals surface area (Å²) in [4.78, 5) is 26.9. The molecule has 3 rings (SSSR count). The maximum Gasteiger partial charge on any atom is 0.253 e. The van der Waals surface area contributed by atoms with E-state index in [1.54, 1.807) is 29.2 Å². The van der Waals surface area contributed by atoms with Gasteiger partial charge in [-0.05, 0) is 62.6 Å². The fourth-order valence-corrected chi connectivity index (χ4v) is 3.65. The van der Waals surface area contributed by atoms with Crippen molar-refractivity contribution in [1.82, 2.24) is 4.90 Å². The van der Waals surface area contributed by atoms with E-state index in [1.165, 1.54) is 5.56 Å². The zero-order valence-corrected chi connectivity index (χ0v) is 19.9. The molecule has 178 valence electrons. The monoisotopic (exact) mass is 459 g/mol. The summed E-state index contributed by atoms with van der Waals surface area (Å²) >= 11 is 0. The molecular weight excluding hydrogens is 426 g/mol. The minimum Gasteiger partial charge on any atom is -0.491 e. The third-order valence-electron chi connectivity index (χ3n) is 5.48. The van der Waals surface area contributed by atoms with Gasteiger partial charge >= 0.3 is 0 Å². The van der Waals surface area contributed by atoms with Gasteiger partial charge in [0.2, 0.25) is 5.91 Å². The lowest BCUT2D eigenvalue weighted by molar-refractivity contribution is -0.114. The third kappa shape index (κ3) is 7.37. The molecule has 0 radical (unpaired) electrons. The van der Waals surface area contributed by atoms with Gasteiger partial charge in [0, 0.05) is 24.3 Å². The molecule has 0 aromatic heterocycles. The van der Waals surface area contributed by atoms with Crippen LogP contribution < -0.4 is 15.4 Å². The first-order valence-corrected chi connectivity index (χ1v) is 11.8. The summed E-state index contributed by atoms with van der Waals surface area (Å²) in [6.45, 7) is 5.85. The number of ether oxygens (including phenoxy) is 1. The van der Waals surface area contributed by atoms with Crippen molar-refractivity contribution < 1.29 is 14.3 Å². The van der Waals surface area contributed by atoms with Crippen molar-refractivity contribution in [2.24, 2.45) is 0 Å². The SMILES string of the molecule is CCN(CC)C(=O)c1cccc(NC(=O)CNc2ccccc2OCCCc2ccccc2)c1. The van der Waals surface area contributed by atoms with Crippen LogP contribution in [0, 0.1) is 0 Å². The van der Waals surface area contributed by atoms with Gasteiger partial charge < -0.3 is 20.3 Å². The Kier molecular flexibility index (Phi) is 9.52. The zero-order chi connectivity index (χ0) is 24.2. The van der Waals surface area contributed by atoms with E-state index in [-0.39, 0.29) is 18.4 Å². The smallest absolute Gasteiger partial charge is 0.253 e. The second kappa shape index (κ2) is 13.0. The van der Waals surface area contributed by atoms with Crippen LogP contribution in [-0.4, -0.2) is 43.0 Å². The lowest BCUT2D eigenvalue weighted by Gasteiger charge is -2.19. The predicted octanol–water partition coefficient (Wildman–Crippen LogP) is 5.23. The quantitative estimate of drug-likeness (QED) is 0.364. The molecule has 6 nitrogen and oxygen atoms in total. The highest BCUT2D eigenvalue weighted by Gasteiger charge is 2.13. The van der Waals surface area contributed by atoms with Crippen LogP contribution >= 0.6 is 0 Å². The molecule has 0 saturated carbocycles. The van der Waals surface area contributed by atoms with Crippen molar-refractivity contribution in [3.05, 3.63) is 90.0 Å². The van der Waals surface area contributed by atoms with E-state index >= 15 is 0 Å². The average molecular weight is 460 g/mol. The maximum atomic E-state index is 12.6. The fourth-order valence-electron chi connectivity index (χ4n) is 3.65. The Morgan fingerprint density at radius 3 is 2.38 bits per heavy atom. The lowest BCUT2D eigenvalue weighted by atomic mass is 10.1. The number of nitrogens with zero attached hydrogens (tertiary/aromatic N) is 1. The van der Waals surface area contributed by atoms with Gasteiger partial charge in [-0.25, -0.2) is 0 Å². The van der Waals surface area contributed by atoms with Gasteiger partial charge in [0.25, 0.3) is 5.91 Å². The molecular formula is C28H33N3O3. The van der Waals surface area contributed by atoms with Crippen LogP contribution in [0.1, 0.15) is 36.2 Å². The number of anilines is 2. The van der Waals surface area contributed by atoms with E-state index in [1.807, 2.05) is 56.3 Å². The van der Waals surface area contributed by atoms with Crippen molar-refractivity contribution in [2.75, 3.05) is 36.9 Å². The fraction of sp³-hybridized carbons (Fsp3) is 0.286. The number of amides is 2. The van der Waals surface area contributed by atoms with Crippen LogP contribution in [0.3, 0.4) is 0 Å². The standard InChI is InChI=1S/C28H33N3O3/c1-3-31(4-2)28(33)23-15-10-16-24(20-23)30-27(32)21-29-25-17-8-9-18-26(25)34-19-11-14-22-12-6-5-7-13-22/h5-10,12-13,15-18,20,29H,3-4,11,14,19,21H2,1-2H3,(H,30,32). The number of carbonyl (C=O) groups excluding carboxylic acids is 2. The molecule has 0 bridgehead atoms. The predicted molar refractivity (Wildman–Crippen MR) is 138 cm³/mol. The Morgan fingerprint density at radius 2 is 1.62 bits per heavy atom. The third-order valence-corrected chi connectivity index (χ3v) is 5.48. The molecule has 2 N–H and O–H groups in total. The van der Waals surface area contributed by atoms with Gasteiger partial charge in [0.05, 0.1) is 18.8 Å². The van der Waals surface area contributed by atoms with Crippen LogP contribution in [0.5, 0.6) is 5.75 Å². The molecule has 0 heterocycles. The summed E-state index contributed by atoms with van der Waals surface area (Å²) in [7, 11) is 0. The van der Waals surface area contributed by atoms with E-state index in [9.17, 15) is 9.59 Å². The van der Waals surface area contributed by atoms with E-state index in [2.05, 4.69) is 22.8 Å². The number of para-hydroxylation sites is 2. The van der Waals surface area contributed by atoms with Gasteiger partial charge in [-0.2, -0.15) is 0 Å². The Balaban J connectivity index is 1.50. The van der Waals surface area contributed by atoms with Gasteiger partial charge in [-0.15, -0.1) is 0 Å². The number of hydrogen-bond acceptors (Lipinski definition) is 4. The maximum absolute atomic E-state index is 12.6. The molecule has 0 fully saturated rings. The van der Waals surface area contributed by atoms with Crippen molar-refractivity contribution in [3.8, 4) is 5.75 Å². The molecule has 34 heavy (non-hydrogen) atoms. The molecule has 0 aliphatic carbocycles. The summed E-state index contributed by atoms with van der Waals surface area (Å²) in [6, 6.07) is 25.0. The highest BCUT2D eigenvalue weighted by atomic mass is 16.5. The molecule has 3 aromatic carbocycles. The van der Waals surface area contributed by atoms with Crippen LogP contribution in [0.25, 0.3) is 0 Å². The second-order valence-electron chi connectivity index (χ2n) is 7.89. The summed E-state index contributed by atoms with van der Waals surface area (Å²) in [5, 5.41) is 6.01. The average Bonchev–Trinajstić information content (AvgIpc) is 2.87. The van der Waals surface area contributed by atoms with Crippen LogP contribution in [0.4, 0.5) is 11.4 Å². The minimum atomic E-state index is -0.202. The topological polar surface area (TPSA) is 70.7 Å². The summed E-state index contributed by atoms with van der Waals surface area (Å²) < 4.78 is 5.96. The molecule has 0 unspecified atom stereocenters. The number of nitrogens with one attached hydrogen (secondary N) is 2. The van der Waals surface area contributed by atoms with Gasteiger partial charge in [0.15, 0.2) is 0 Å². The van der Waals surface area contributed by atoms with E-state index < -0.39 is 0 Å². The van der Waals surface area contributed by atoms with Gasteiger partial charge in [-0.3, -0.25) is 9.59 Å². The molecule has 0 saturated heterocycles. The largest absolute Gasteiger partial charge is 0.491 e. The lowest BCUT2D eigenvalue weighted by Crippen LogP contribution is -2.30. The first kappa shape index (κ1) is 24.8. The summed E-state index contributed by atoms with van der Waals surface area (Å²) in [5.41, 5.74) is 3.21. The van der Waals surface area contributed by atoms with Crippen molar-refractivity contribution in [3.63, 3.8) is 0 Å². The van der Waals surface area contributed by atoms with E-state index in [0.29, 0.717) is 30.9 Å². The number of hydrogen-bond donors (Lipinski definition) is 2. The van der Waals surface area contributed by atoms with Crippen molar-refractivity contribution in [2.45, 2.75) is 26.7 Å². The Morgan fingerprint density at radius 1 is 0.882 bits per heavy atom. The minimum absolute atomic E-state index is 0.0439. The number of benzene rings is 3. The summed E-state index contributed by atoms with van der Waals surface area (Å²) in [6.07, 6.45) is 1.86. The molecule has 3 aromatic rings. The van der Waals surface area contributed by atoms with Crippen LogP contribution in [0.15, 0.2) is 78.9 Å². The molecule has 0 atom stereocenters.